The van der Waals surface area contributed by atoms with E-state index in [0.29, 0.717) is 42.6 Å². The van der Waals surface area contributed by atoms with Gasteiger partial charge in [-0.2, -0.15) is 4.98 Å². The van der Waals surface area contributed by atoms with Crippen LogP contribution in [0.25, 0.3) is 11.1 Å². The summed E-state index contributed by atoms with van der Waals surface area (Å²) in [5, 5.41) is 0. The number of pyridine rings is 1. The molecule has 156 valence electrons. The molecule has 1 aromatic heterocycles. The van der Waals surface area contributed by atoms with Gasteiger partial charge in [0.05, 0.1) is 0 Å². The van der Waals surface area contributed by atoms with Gasteiger partial charge in [0.2, 0.25) is 11.8 Å². The fraction of sp³-hybridized carbons (Fsp3) is 0.115. The van der Waals surface area contributed by atoms with Crippen LogP contribution in [0.3, 0.4) is 0 Å². The van der Waals surface area contributed by atoms with Gasteiger partial charge in [-0.1, -0.05) is 66.7 Å². The molecule has 0 saturated heterocycles. The van der Waals surface area contributed by atoms with Crippen molar-refractivity contribution in [3.05, 3.63) is 114 Å². The normalized spacial score (nSPS) is 10.6. The Labute approximate surface area is 181 Å². The Bertz CT molecular complexity index is 1130. The van der Waals surface area contributed by atoms with E-state index in [2.05, 4.69) is 4.98 Å². The predicted molar refractivity (Wildman–Crippen MR) is 119 cm³/mol. The van der Waals surface area contributed by atoms with Crippen LogP contribution in [0.4, 0.5) is 4.39 Å². The maximum Gasteiger partial charge on any atom is 0.225 e. The van der Waals surface area contributed by atoms with Crippen molar-refractivity contribution < 1.29 is 13.9 Å². The lowest BCUT2D eigenvalue weighted by atomic mass is 10.0. The molecule has 0 saturated carbocycles. The fourth-order valence-electron chi connectivity index (χ4n) is 3.18. The Hall–Kier alpha value is -3.70. The van der Waals surface area contributed by atoms with Crippen molar-refractivity contribution in [2.75, 3.05) is 0 Å². The summed E-state index contributed by atoms with van der Waals surface area (Å²) in [6, 6.07) is 27.9. The highest BCUT2D eigenvalue weighted by Crippen LogP contribution is 2.33. The van der Waals surface area contributed by atoms with E-state index >= 15 is 0 Å². The molecular weight excluding hydrogens is 391 g/mol. The maximum absolute atomic E-state index is 14.6. The third-order valence-corrected chi connectivity index (χ3v) is 4.84. The van der Waals surface area contributed by atoms with Gasteiger partial charge in [-0.05, 0) is 34.9 Å². The van der Waals surface area contributed by atoms with E-state index in [1.807, 2.05) is 60.7 Å². The molecule has 0 aliphatic heterocycles. The van der Waals surface area contributed by atoms with Crippen LogP contribution in [0.1, 0.15) is 16.7 Å². The quantitative estimate of drug-likeness (QED) is 0.413. The summed E-state index contributed by atoms with van der Waals surface area (Å²) in [7, 11) is 0. The first-order valence-electron chi connectivity index (χ1n) is 10.1. The highest BCUT2D eigenvalue weighted by Gasteiger charge is 2.15. The van der Waals surface area contributed by atoms with Crippen LogP contribution < -0.4 is 15.2 Å². The summed E-state index contributed by atoms with van der Waals surface area (Å²) in [6.45, 7) is 1.00. The molecule has 4 aromatic rings. The van der Waals surface area contributed by atoms with Gasteiger partial charge in [-0.15, -0.1) is 0 Å². The van der Waals surface area contributed by atoms with Crippen molar-refractivity contribution in [2.45, 2.75) is 19.8 Å². The second-order valence-electron chi connectivity index (χ2n) is 7.07. The van der Waals surface area contributed by atoms with Crippen LogP contribution in [0, 0.1) is 5.82 Å². The van der Waals surface area contributed by atoms with Crippen LogP contribution in [-0.4, -0.2) is 4.98 Å². The number of nitrogens with zero attached hydrogens (tertiary/aromatic N) is 1. The summed E-state index contributed by atoms with van der Waals surface area (Å²) in [5.41, 5.74) is 9.54. The number of nitrogens with two attached hydrogens (primary N) is 1. The molecule has 3 aromatic carbocycles. The minimum atomic E-state index is -0.360. The van der Waals surface area contributed by atoms with Gasteiger partial charge < -0.3 is 15.2 Å². The Morgan fingerprint density at radius 2 is 1.32 bits per heavy atom. The van der Waals surface area contributed by atoms with Gasteiger partial charge in [0.1, 0.15) is 19.0 Å². The first kappa shape index (κ1) is 20.6. The molecular formula is C26H23FN2O2. The molecule has 1 heterocycles. The van der Waals surface area contributed by atoms with Gasteiger partial charge in [0.15, 0.2) is 0 Å². The number of benzene rings is 3. The van der Waals surface area contributed by atoms with Gasteiger partial charge in [-0.25, -0.2) is 4.39 Å². The first-order valence-corrected chi connectivity index (χ1v) is 10.1. The molecule has 0 bridgehead atoms. The third kappa shape index (κ3) is 5.27. The molecule has 0 amide bonds. The second-order valence-corrected chi connectivity index (χ2v) is 7.07. The lowest BCUT2D eigenvalue weighted by molar-refractivity contribution is 0.268. The predicted octanol–water partition coefficient (Wildman–Crippen LogP) is 5.50. The zero-order chi connectivity index (χ0) is 21.5. The van der Waals surface area contributed by atoms with E-state index in [0.717, 1.165) is 16.7 Å². The van der Waals surface area contributed by atoms with E-state index in [1.54, 1.807) is 24.3 Å². The van der Waals surface area contributed by atoms with Crippen molar-refractivity contribution in [2.24, 2.45) is 5.73 Å². The van der Waals surface area contributed by atoms with Crippen molar-refractivity contribution in [1.29, 1.82) is 0 Å². The van der Waals surface area contributed by atoms with Gasteiger partial charge in [0, 0.05) is 23.7 Å². The largest absolute Gasteiger partial charge is 0.473 e. The smallest absolute Gasteiger partial charge is 0.225 e. The van der Waals surface area contributed by atoms with Crippen molar-refractivity contribution >= 4 is 0 Å². The molecule has 0 fully saturated rings. The highest BCUT2D eigenvalue weighted by atomic mass is 19.1. The summed E-state index contributed by atoms with van der Waals surface area (Å²) in [6.07, 6.45) is 0. The molecule has 0 radical (unpaired) electrons. The Kier molecular flexibility index (Phi) is 6.55. The van der Waals surface area contributed by atoms with Gasteiger partial charge in [-0.3, -0.25) is 0 Å². The minimum Gasteiger partial charge on any atom is -0.473 e. The molecule has 31 heavy (non-hydrogen) atoms. The molecule has 0 aliphatic rings. The summed E-state index contributed by atoms with van der Waals surface area (Å²) in [5.74, 6) is 0.357. The lowest BCUT2D eigenvalue weighted by Gasteiger charge is -2.14. The van der Waals surface area contributed by atoms with E-state index in [1.165, 1.54) is 6.07 Å². The molecule has 4 nitrogen and oxygen atoms in total. The van der Waals surface area contributed by atoms with Crippen molar-refractivity contribution in [3.63, 3.8) is 0 Å². The standard InChI is InChI=1S/C26H23FN2O2/c27-24-13-11-21(16-28)15-23(24)22-12-14-25(30-17-19-7-3-1-4-8-19)29-26(22)31-18-20-9-5-2-6-10-20/h1-15H,16-18,28H2. The number of halogens is 1. The van der Waals surface area contributed by atoms with E-state index in [9.17, 15) is 4.39 Å². The van der Waals surface area contributed by atoms with Crippen LogP contribution >= 0.6 is 0 Å². The summed E-state index contributed by atoms with van der Waals surface area (Å²) >= 11 is 0. The number of ether oxygens (including phenoxy) is 2. The first-order chi connectivity index (χ1) is 15.2. The topological polar surface area (TPSA) is 57.4 Å². The Balaban J connectivity index is 1.64. The Morgan fingerprint density at radius 1 is 0.677 bits per heavy atom. The molecule has 0 atom stereocenters. The van der Waals surface area contributed by atoms with Crippen LogP contribution in [-0.2, 0) is 19.8 Å². The van der Waals surface area contributed by atoms with Crippen LogP contribution in [0.2, 0.25) is 0 Å². The fourth-order valence-corrected chi connectivity index (χ4v) is 3.18. The molecule has 5 heteroatoms. The highest BCUT2D eigenvalue weighted by molar-refractivity contribution is 5.70. The van der Waals surface area contributed by atoms with Gasteiger partial charge >= 0.3 is 0 Å². The zero-order valence-electron chi connectivity index (χ0n) is 17.0. The number of rotatable bonds is 8. The van der Waals surface area contributed by atoms with Crippen LogP contribution in [0.5, 0.6) is 11.8 Å². The summed E-state index contributed by atoms with van der Waals surface area (Å²) in [4.78, 5) is 4.53. The molecule has 0 aliphatic carbocycles. The zero-order valence-corrected chi connectivity index (χ0v) is 17.0. The molecule has 0 unspecified atom stereocenters. The van der Waals surface area contributed by atoms with Gasteiger partial charge in [0.25, 0.3) is 0 Å². The van der Waals surface area contributed by atoms with Crippen molar-refractivity contribution in [1.82, 2.24) is 4.98 Å². The van der Waals surface area contributed by atoms with Crippen molar-refractivity contribution in [3.8, 4) is 22.9 Å². The number of hydrogen-bond donors (Lipinski definition) is 1. The SMILES string of the molecule is NCc1ccc(F)c(-c2ccc(OCc3ccccc3)nc2OCc2ccccc2)c1. The average Bonchev–Trinajstić information content (AvgIpc) is 2.83. The minimum absolute atomic E-state index is 0.307. The van der Waals surface area contributed by atoms with E-state index < -0.39 is 0 Å². The monoisotopic (exact) mass is 414 g/mol. The van der Waals surface area contributed by atoms with E-state index in [4.69, 9.17) is 15.2 Å². The third-order valence-electron chi connectivity index (χ3n) is 4.84. The average molecular weight is 414 g/mol. The number of hydrogen-bond acceptors (Lipinski definition) is 4. The Morgan fingerprint density at radius 3 is 1.97 bits per heavy atom. The number of aromatic nitrogens is 1. The van der Waals surface area contributed by atoms with E-state index in [-0.39, 0.29) is 5.82 Å². The maximum atomic E-state index is 14.6. The lowest BCUT2D eigenvalue weighted by Crippen LogP contribution is -2.03. The second kappa shape index (κ2) is 9.87. The van der Waals surface area contributed by atoms with Crippen LogP contribution in [0.15, 0.2) is 91.0 Å². The molecule has 0 spiro atoms. The summed E-state index contributed by atoms with van der Waals surface area (Å²) < 4.78 is 26.5. The molecule has 4 rings (SSSR count). The molecule has 2 N–H and O–H groups in total.